The summed E-state index contributed by atoms with van der Waals surface area (Å²) < 4.78 is 12.1. The standard InChI is InChI=1S/C20H22N8O5S/c1-10-11(7-21)6-13(24-10)17(29)25-12-4-5-28(8-14(12)32-3)19-26-15(16-22-9-23-27(16)2)18(34-19)33-20(30)31/h6,9,12,14,24H,4-5,8H2,1-3H3,(H,25,29)(H,30,31)/t12-,14+/m1/s1. The van der Waals surface area contributed by atoms with Crippen molar-refractivity contribution in [3.05, 3.63) is 29.3 Å². The molecule has 0 radical (unpaired) electrons. The van der Waals surface area contributed by atoms with E-state index in [1.807, 2.05) is 11.0 Å². The Labute approximate surface area is 197 Å². The molecule has 1 aliphatic rings. The van der Waals surface area contributed by atoms with Gasteiger partial charge in [0.2, 0.25) is 5.06 Å². The third-order valence-corrected chi connectivity index (χ3v) is 6.51. The molecule has 1 aliphatic heterocycles. The molecule has 178 valence electrons. The van der Waals surface area contributed by atoms with Crippen molar-refractivity contribution < 1.29 is 24.2 Å². The zero-order valence-corrected chi connectivity index (χ0v) is 19.4. The van der Waals surface area contributed by atoms with Crippen molar-refractivity contribution in [3.63, 3.8) is 0 Å². The largest absolute Gasteiger partial charge is 0.512 e. The predicted octanol–water partition coefficient (Wildman–Crippen LogP) is 1.53. The van der Waals surface area contributed by atoms with Gasteiger partial charge in [-0.25, -0.2) is 19.4 Å². The number of carbonyl (C=O) groups is 2. The van der Waals surface area contributed by atoms with Crippen LogP contribution < -0.4 is 15.0 Å². The normalized spacial score (nSPS) is 17.9. The highest BCUT2D eigenvalue weighted by Gasteiger charge is 2.33. The van der Waals surface area contributed by atoms with Crippen LogP contribution in [0.4, 0.5) is 9.93 Å². The summed E-state index contributed by atoms with van der Waals surface area (Å²) in [5.74, 6) is 0.0585. The Balaban J connectivity index is 1.51. The molecule has 1 saturated heterocycles. The second-order valence-electron chi connectivity index (χ2n) is 7.63. The lowest BCUT2D eigenvalue weighted by atomic mass is 10.0. The van der Waals surface area contributed by atoms with Crippen LogP contribution in [0.3, 0.4) is 0 Å². The second-order valence-corrected chi connectivity index (χ2v) is 8.57. The monoisotopic (exact) mass is 486 g/mol. The number of carbonyl (C=O) groups excluding carboxylic acids is 1. The number of aromatic nitrogens is 5. The first-order chi connectivity index (χ1) is 16.3. The first-order valence-corrected chi connectivity index (χ1v) is 11.1. The molecule has 0 saturated carbocycles. The molecule has 0 bridgehead atoms. The van der Waals surface area contributed by atoms with Crippen molar-refractivity contribution in [1.82, 2.24) is 30.0 Å². The third kappa shape index (κ3) is 4.56. The van der Waals surface area contributed by atoms with E-state index in [4.69, 9.17) is 19.8 Å². The average Bonchev–Trinajstić information content (AvgIpc) is 3.51. The van der Waals surface area contributed by atoms with Crippen molar-refractivity contribution in [2.45, 2.75) is 25.5 Å². The van der Waals surface area contributed by atoms with Crippen molar-refractivity contribution in [2.75, 3.05) is 25.1 Å². The van der Waals surface area contributed by atoms with Crippen molar-refractivity contribution in [3.8, 4) is 22.7 Å². The fourth-order valence-electron chi connectivity index (χ4n) is 3.77. The Morgan fingerprint density at radius 2 is 2.24 bits per heavy atom. The van der Waals surface area contributed by atoms with Gasteiger partial charge in [-0.1, -0.05) is 11.3 Å². The van der Waals surface area contributed by atoms with E-state index in [9.17, 15) is 9.59 Å². The van der Waals surface area contributed by atoms with Gasteiger partial charge in [0.25, 0.3) is 5.91 Å². The van der Waals surface area contributed by atoms with Crippen LogP contribution in [0.25, 0.3) is 11.5 Å². The lowest BCUT2D eigenvalue weighted by Crippen LogP contribution is -2.55. The van der Waals surface area contributed by atoms with E-state index in [0.29, 0.717) is 47.4 Å². The summed E-state index contributed by atoms with van der Waals surface area (Å²) in [7, 11) is 3.23. The van der Waals surface area contributed by atoms with Crippen molar-refractivity contribution >= 4 is 28.5 Å². The molecular formula is C20H22N8O5S. The topological polar surface area (TPSA) is 171 Å². The third-order valence-electron chi connectivity index (χ3n) is 5.52. The van der Waals surface area contributed by atoms with E-state index < -0.39 is 6.16 Å². The highest BCUT2D eigenvalue weighted by Crippen LogP contribution is 2.39. The van der Waals surface area contributed by atoms with Gasteiger partial charge in [-0.15, -0.1) is 0 Å². The summed E-state index contributed by atoms with van der Waals surface area (Å²) in [5, 5.41) is 25.9. The molecule has 13 nitrogen and oxygen atoms in total. The molecule has 0 aromatic carbocycles. The number of nitrogens with one attached hydrogen (secondary N) is 2. The minimum Gasteiger partial charge on any atom is -0.449 e. The molecule has 14 heteroatoms. The maximum Gasteiger partial charge on any atom is 0.512 e. The van der Waals surface area contributed by atoms with Gasteiger partial charge >= 0.3 is 6.16 Å². The van der Waals surface area contributed by atoms with Crippen LogP contribution in [0, 0.1) is 18.3 Å². The number of aryl methyl sites for hydroxylation is 2. The fraction of sp³-hybridized carbons (Fsp3) is 0.400. The number of thiazole rings is 1. The van der Waals surface area contributed by atoms with Gasteiger partial charge in [0, 0.05) is 32.9 Å². The number of amides is 1. The Kier molecular flexibility index (Phi) is 6.48. The first-order valence-electron chi connectivity index (χ1n) is 10.2. The number of nitriles is 1. The number of hydrogen-bond donors (Lipinski definition) is 3. The maximum atomic E-state index is 12.7. The molecule has 3 aromatic rings. The molecule has 1 fully saturated rings. The van der Waals surface area contributed by atoms with E-state index in [0.717, 1.165) is 11.3 Å². The van der Waals surface area contributed by atoms with Crippen LogP contribution in [-0.4, -0.2) is 74.2 Å². The van der Waals surface area contributed by atoms with Gasteiger partial charge in [-0.2, -0.15) is 10.4 Å². The summed E-state index contributed by atoms with van der Waals surface area (Å²) in [5.41, 5.74) is 1.65. The van der Waals surface area contributed by atoms with Gasteiger partial charge in [0.15, 0.2) is 16.6 Å². The van der Waals surface area contributed by atoms with Crippen molar-refractivity contribution in [2.24, 2.45) is 7.05 Å². The molecule has 3 N–H and O–H groups in total. The SMILES string of the molecule is CO[C@H]1CN(c2nc(-c3ncnn3C)c(OC(=O)O)s2)CC[C@H]1NC(=O)c1cc(C#N)c(C)[nH]1. The predicted molar refractivity (Wildman–Crippen MR) is 120 cm³/mol. The summed E-state index contributed by atoms with van der Waals surface area (Å²) >= 11 is 1.08. The molecule has 34 heavy (non-hydrogen) atoms. The minimum atomic E-state index is -1.45. The molecule has 2 atom stereocenters. The average molecular weight is 487 g/mol. The molecule has 3 aromatic heterocycles. The number of H-pyrrole nitrogens is 1. The van der Waals surface area contributed by atoms with Gasteiger partial charge < -0.3 is 29.8 Å². The fourth-order valence-corrected chi connectivity index (χ4v) is 4.71. The van der Waals surface area contributed by atoms with Crippen LogP contribution >= 0.6 is 11.3 Å². The number of carboxylic acid groups (broad SMARTS) is 1. The van der Waals surface area contributed by atoms with Gasteiger partial charge in [-0.05, 0) is 19.4 Å². The lowest BCUT2D eigenvalue weighted by Gasteiger charge is -2.37. The van der Waals surface area contributed by atoms with E-state index >= 15 is 0 Å². The van der Waals surface area contributed by atoms with Crippen LogP contribution in [0.1, 0.15) is 28.2 Å². The number of ether oxygens (including phenoxy) is 2. The molecular weight excluding hydrogens is 464 g/mol. The summed E-state index contributed by atoms with van der Waals surface area (Å²) in [6.45, 7) is 2.68. The molecule has 1 amide bonds. The summed E-state index contributed by atoms with van der Waals surface area (Å²) in [6.07, 6.45) is 0.103. The minimum absolute atomic E-state index is 0.0957. The molecule has 4 rings (SSSR count). The number of nitrogens with zero attached hydrogens (tertiary/aromatic N) is 6. The number of aromatic amines is 1. The van der Waals surface area contributed by atoms with E-state index in [-0.39, 0.29) is 28.8 Å². The number of anilines is 1. The van der Waals surface area contributed by atoms with Gasteiger partial charge in [0.1, 0.15) is 18.1 Å². The number of hydrogen-bond acceptors (Lipinski definition) is 10. The Morgan fingerprint density at radius 3 is 2.85 bits per heavy atom. The lowest BCUT2D eigenvalue weighted by molar-refractivity contribution is 0.0540. The zero-order chi connectivity index (χ0) is 24.4. The van der Waals surface area contributed by atoms with Gasteiger partial charge in [0.05, 0.1) is 17.7 Å². The number of methoxy groups -OCH3 is 1. The van der Waals surface area contributed by atoms with Crippen LogP contribution in [-0.2, 0) is 11.8 Å². The molecule has 0 aliphatic carbocycles. The second kappa shape index (κ2) is 9.49. The quantitative estimate of drug-likeness (QED) is 0.434. The smallest absolute Gasteiger partial charge is 0.449 e. The highest BCUT2D eigenvalue weighted by molar-refractivity contribution is 7.18. The number of rotatable bonds is 6. The highest BCUT2D eigenvalue weighted by atomic mass is 32.1. The maximum absolute atomic E-state index is 12.7. The Hall–Kier alpha value is -3.96. The molecule has 0 spiro atoms. The molecule has 0 unspecified atom stereocenters. The van der Waals surface area contributed by atoms with Crippen LogP contribution in [0.5, 0.6) is 5.06 Å². The Bertz CT molecular complexity index is 1260. The van der Waals surface area contributed by atoms with Crippen molar-refractivity contribution in [1.29, 1.82) is 5.26 Å². The van der Waals surface area contributed by atoms with E-state index in [2.05, 4.69) is 25.4 Å². The molecule has 4 heterocycles. The zero-order valence-electron chi connectivity index (χ0n) is 18.6. The van der Waals surface area contributed by atoms with Crippen LogP contribution in [0.2, 0.25) is 0 Å². The number of piperidine rings is 1. The van der Waals surface area contributed by atoms with E-state index in [1.165, 1.54) is 17.1 Å². The summed E-state index contributed by atoms with van der Waals surface area (Å²) in [6, 6.07) is 3.30. The Morgan fingerprint density at radius 1 is 1.44 bits per heavy atom. The summed E-state index contributed by atoms with van der Waals surface area (Å²) in [4.78, 5) is 37.5. The van der Waals surface area contributed by atoms with E-state index in [1.54, 1.807) is 21.1 Å². The van der Waals surface area contributed by atoms with Crippen LogP contribution in [0.15, 0.2) is 12.4 Å². The van der Waals surface area contributed by atoms with Gasteiger partial charge in [-0.3, -0.25) is 4.79 Å². The first kappa shape index (κ1) is 23.2.